The molecule has 6 nitrogen and oxygen atoms in total. The summed E-state index contributed by atoms with van der Waals surface area (Å²) in [5.74, 6) is 1.92. The van der Waals surface area contributed by atoms with Crippen molar-refractivity contribution in [3.8, 4) is 11.5 Å². The second-order valence-electron chi connectivity index (χ2n) is 6.17. The van der Waals surface area contributed by atoms with Crippen LogP contribution in [0.25, 0.3) is 0 Å². The molecule has 0 unspecified atom stereocenters. The Kier molecular flexibility index (Phi) is 6.09. The molecule has 0 aromatic heterocycles. The molecule has 0 saturated carbocycles. The highest BCUT2D eigenvalue weighted by molar-refractivity contribution is 5.92. The second-order valence-corrected chi connectivity index (χ2v) is 6.17. The zero-order valence-electron chi connectivity index (χ0n) is 14.7. The maximum absolute atomic E-state index is 12.0. The highest BCUT2D eigenvalue weighted by Crippen LogP contribution is 2.23. The number of nitrogens with two attached hydrogens (primary N) is 1. The number of likely N-dealkylation sites (tertiary alicyclic amines) is 1. The van der Waals surface area contributed by atoms with E-state index in [-0.39, 0.29) is 11.9 Å². The number of nitrogens with zero attached hydrogens (tertiary/aromatic N) is 2. The monoisotopic (exact) mass is 352 g/mol. The molecule has 1 heterocycles. The van der Waals surface area contributed by atoms with Crippen molar-refractivity contribution in [1.82, 2.24) is 4.90 Å². The average Bonchev–Trinajstić information content (AvgIpc) is 3.17. The third-order valence-corrected chi connectivity index (χ3v) is 4.15. The van der Waals surface area contributed by atoms with E-state index in [1.807, 2.05) is 59.5 Å². The third-order valence-electron chi connectivity index (χ3n) is 4.15. The fourth-order valence-electron chi connectivity index (χ4n) is 2.85. The van der Waals surface area contributed by atoms with Gasteiger partial charge in [0.15, 0.2) is 5.96 Å². The quantitative estimate of drug-likeness (QED) is 0.618. The summed E-state index contributed by atoms with van der Waals surface area (Å²) in [6.07, 6.45) is 2.58. The Morgan fingerprint density at radius 1 is 1.08 bits per heavy atom. The van der Waals surface area contributed by atoms with Crippen LogP contribution in [0.5, 0.6) is 11.5 Å². The number of hydrogen-bond donors (Lipinski definition) is 2. The molecule has 1 amide bonds. The molecule has 2 aromatic rings. The van der Waals surface area contributed by atoms with Crippen molar-refractivity contribution in [2.24, 2.45) is 10.7 Å². The largest absolute Gasteiger partial charge is 0.457 e. The summed E-state index contributed by atoms with van der Waals surface area (Å²) in [6.45, 7) is 2.11. The van der Waals surface area contributed by atoms with Crippen LogP contribution in [0.3, 0.4) is 0 Å². The van der Waals surface area contributed by atoms with Gasteiger partial charge >= 0.3 is 0 Å². The van der Waals surface area contributed by atoms with Crippen molar-refractivity contribution >= 4 is 17.6 Å². The van der Waals surface area contributed by atoms with Crippen LogP contribution in [-0.4, -0.2) is 36.4 Å². The molecule has 2 aromatic carbocycles. The van der Waals surface area contributed by atoms with Crippen LogP contribution in [0.1, 0.15) is 19.3 Å². The van der Waals surface area contributed by atoms with Crippen molar-refractivity contribution in [3.05, 3.63) is 54.6 Å². The molecule has 1 aliphatic heterocycles. The van der Waals surface area contributed by atoms with E-state index >= 15 is 0 Å². The van der Waals surface area contributed by atoms with E-state index < -0.39 is 0 Å². The summed E-state index contributed by atoms with van der Waals surface area (Å²) >= 11 is 0. The predicted molar refractivity (Wildman–Crippen MR) is 104 cm³/mol. The number of hydrogen-bond acceptors (Lipinski definition) is 3. The number of aliphatic imine (C=N–C) groups is 1. The molecule has 0 atom stereocenters. The lowest BCUT2D eigenvalue weighted by Gasteiger charge is -2.14. The van der Waals surface area contributed by atoms with E-state index in [1.54, 1.807) is 0 Å². The summed E-state index contributed by atoms with van der Waals surface area (Å²) in [5, 5.41) is 3.03. The molecule has 0 aliphatic carbocycles. The summed E-state index contributed by atoms with van der Waals surface area (Å²) in [7, 11) is 0. The summed E-state index contributed by atoms with van der Waals surface area (Å²) in [5.41, 5.74) is 6.70. The number of carbonyl (C=O) groups is 1. The van der Waals surface area contributed by atoms with E-state index in [2.05, 4.69) is 10.3 Å². The van der Waals surface area contributed by atoms with Crippen LogP contribution in [0.15, 0.2) is 59.6 Å². The SMILES string of the molecule is NC(=NCCC(=O)N1CCCC1)Nc1cccc(Oc2ccccc2)c1. The van der Waals surface area contributed by atoms with Gasteiger partial charge in [-0.2, -0.15) is 0 Å². The van der Waals surface area contributed by atoms with Crippen LogP contribution in [-0.2, 0) is 4.79 Å². The molecule has 26 heavy (non-hydrogen) atoms. The van der Waals surface area contributed by atoms with Gasteiger partial charge in [-0.3, -0.25) is 9.79 Å². The summed E-state index contributed by atoms with van der Waals surface area (Å²) in [4.78, 5) is 18.1. The Balaban J connectivity index is 1.51. The second kappa shape index (κ2) is 8.89. The molecule has 0 radical (unpaired) electrons. The first-order valence-corrected chi connectivity index (χ1v) is 8.88. The Morgan fingerprint density at radius 2 is 1.81 bits per heavy atom. The van der Waals surface area contributed by atoms with E-state index in [4.69, 9.17) is 10.5 Å². The number of ether oxygens (including phenoxy) is 1. The molecule has 1 fully saturated rings. The van der Waals surface area contributed by atoms with Gasteiger partial charge < -0.3 is 20.7 Å². The topological polar surface area (TPSA) is 80.0 Å². The average molecular weight is 352 g/mol. The van der Waals surface area contributed by atoms with E-state index in [0.717, 1.165) is 37.4 Å². The van der Waals surface area contributed by atoms with Crippen molar-refractivity contribution < 1.29 is 9.53 Å². The van der Waals surface area contributed by atoms with Gasteiger partial charge in [-0.05, 0) is 37.1 Å². The predicted octanol–water partition coefficient (Wildman–Crippen LogP) is 3.22. The van der Waals surface area contributed by atoms with Gasteiger partial charge in [-0.25, -0.2) is 0 Å². The fourth-order valence-corrected chi connectivity index (χ4v) is 2.85. The number of para-hydroxylation sites is 1. The number of nitrogens with one attached hydrogen (secondary N) is 1. The Morgan fingerprint density at radius 3 is 2.58 bits per heavy atom. The zero-order valence-corrected chi connectivity index (χ0v) is 14.7. The first kappa shape index (κ1) is 17.8. The Labute approximate surface area is 153 Å². The third kappa shape index (κ3) is 5.24. The zero-order chi connectivity index (χ0) is 18.2. The number of benzene rings is 2. The molecule has 6 heteroatoms. The molecule has 3 N–H and O–H groups in total. The molecular weight excluding hydrogens is 328 g/mol. The van der Waals surface area contributed by atoms with Gasteiger partial charge in [0.2, 0.25) is 5.91 Å². The summed E-state index contributed by atoms with van der Waals surface area (Å²) < 4.78 is 5.80. The summed E-state index contributed by atoms with van der Waals surface area (Å²) in [6, 6.07) is 17.1. The molecule has 1 aliphatic rings. The fraction of sp³-hybridized carbons (Fsp3) is 0.300. The van der Waals surface area contributed by atoms with Crippen molar-refractivity contribution in [2.45, 2.75) is 19.3 Å². The van der Waals surface area contributed by atoms with Crippen LogP contribution in [0.4, 0.5) is 5.69 Å². The van der Waals surface area contributed by atoms with Crippen LogP contribution in [0, 0.1) is 0 Å². The minimum Gasteiger partial charge on any atom is -0.457 e. The molecule has 0 spiro atoms. The minimum absolute atomic E-state index is 0.150. The molecule has 1 saturated heterocycles. The van der Waals surface area contributed by atoms with Crippen LogP contribution >= 0.6 is 0 Å². The molecule has 3 rings (SSSR count). The van der Waals surface area contributed by atoms with Gasteiger partial charge in [0, 0.05) is 31.3 Å². The van der Waals surface area contributed by atoms with Gasteiger partial charge in [0.1, 0.15) is 11.5 Å². The smallest absolute Gasteiger partial charge is 0.224 e. The number of rotatable bonds is 6. The van der Waals surface area contributed by atoms with Gasteiger partial charge in [0.05, 0.1) is 6.54 Å². The normalized spacial score (nSPS) is 14.3. The van der Waals surface area contributed by atoms with Gasteiger partial charge in [-0.1, -0.05) is 24.3 Å². The maximum Gasteiger partial charge on any atom is 0.224 e. The Bertz CT molecular complexity index is 755. The van der Waals surface area contributed by atoms with Crippen LogP contribution in [0.2, 0.25) is 0 Å². The maximum atomic E-state index is 12.0. The van der Waals surface area contributed by atoms with E-state index in [9.17, 15) is 4.79 Å². The first-order chi connectivity index (χ1) is 12.7. The van der Waals surface area contributed by atoms with E-state index in [0.29, 0.717) is 18.7 Å². The minimum atomic E-state index is 0.150. The van der Waals surface area contributed by atoms with Crippen molar-refractivity contribution in [3.63, 3.8) is 0 Å². The Hall–Kier alpha value is -3.02. The van der Waals surface area contributed by atoms with Gasteiger partial charge in [-0.15, -0.1) is 0 Å². The number of guanidine groups is 1. The molecule has 136 valence electrons. The molecular formula is C20H24N4O2. The number of anilines is 1. The molecule has 0 bridgehead atoms. The number of carbonyl (C=O) groups excluding carboxylic acids is 1. The highest BCUT2D eigenvalue weighted by atomic mass is 16.5. The van der Waals surface area contributed by atoms with Gasteiger partial charge in [0.25, 0.3) is 0 Å². The first-order valence-electron chi connectivity index (χ1n) is 8.88. The van der Waals surface area contributed by atoms with E-state index in [1.165, 1.54) is 0 Å². The highest BCUT2D eigenvalue weighted by Gasteiger charge is 2.16. The lowest BCUT2D eigenvalue weighted by atomic mass is 10.3. The standard InChI is InChI=1S/C20H24N4O2/c21-20(22-12-11-19(25)24-13-4-5-14-24)23-16-7-6-10-18(15-16)26-17-8-2-1-3-9-17/h1-3,6-10,15H,4-5,11-14H2,(H3,21,22,23). The van der Waals surface area contributed by atoms with Crippen LogP contribution < -0.4 is 15.8 Å². The lowest BCUT2D eigenvalue weighted by molar-refractivity contribution is -0.129. The number of amides is 1. The van der Waals surface area contributed by atoms with Crippen molar-refractivity contribution in [2.75, 3.05) is 25.0 Å². The van der Waals surface area contributed by atoms with Crippen molar-refractivity contribution in [1.29, 1.82) is 0 Å². The lowest BCUT2D eigenvalue weighted by Crippen LogP contribution is -2.28.